The van der Waals surface area contributed by atoms with Crippen molar-refractivity contribution in [1.29, 1.82) is 0 Å². The first-order valence-corrected chi connectivity index (χ1v) is 9.23. The van der Waals surface area contributed by atoms with E-state index in [1.165, 1.54) is 7.11 Å². The van der Waals surface area contributed by atoms with Crippen molar-refractivity contribution in [2.75, 3.05) is 26.9 Å². The summed E-state index contributed by atoms with van der Waals surface area (Å²) >= 11 is 0. The molecular weight excluding hydrogens is 380 g/mol. The molecule has 6 N–H and O–H groups in total. The van der Waals surface area contributed by atoms with Crippen LogP contribution >= 0.6 is 0 Å². The predicted octanol–water partition coefficient (Wildman–Crippen LogP) is -2.70. The smallest absolute Gasteiger partial charge is 0.333 e. The van der Waals surface area contributed by atoms with Crippen molar-refractivity contribution >= 4 is 5.97 Å². The molecule has 2 aliphatic heterocycles. The molecule has 2 heterocycles. The van der Waals surface area contributed by atoms with Crippen LogP contribution in [0.2, 0.25) is 0 Å². The maximum Gasteiger partial charge on any atom is 0.333 e. The number of carbonyl (C=O) groups is 1. The third-order valence-corrected chi connectivity index (χ3v) is 5.37. The van der Waals surface area contributed by atoms with Gasteiger partial charge in [-0.2, -0.15) is 0 Å². The van der Waals surface area contributed by atoms with Gasteiger partial charge in [-0.3, -0.25) is 0 Å². The molecule has 0 amide bonds. The minimum atomic E-state index is -1.44. The second-order valence-electron chi connectivity index (χ2n) is 7.19. The summed E-state index contributed by atoms with van der Waals surface area (Å²) in [6, 6.07) is 0. The Labute approximate surface area is 162 Å². The van der Waals surface area contributed by atoms with E-state index in [0.29, 0.717) is 6.42 Å². The zero-order valence-corrected chi connectivity index (χ0v) is 15.8. The Morgan fingerprint density at radius 2 is 1.43 bits per heavy atom. The number of hydrogen-bond donors (Lipinski definition) is 6. The Bertz CT molecular complexity index is 503. The quantitative estimate of drug-likeness (QED) is 0.246. The molecule has 11 nitrogen and oxygen atoms in total. The minimum Gasteiger partial charge on any atom is -0.479 e. The van der Waals surface area contributed by atoms with E-state index in [0.717, 1.165) is 0 Å². The summed E-state index contributed by atoms with van der Waals surface area (Å²) in [5.41, 5.74) is 0. The summed E-state index contributed by atoms with van der Waals surface area (Å²) in [7, 11) is 1.36. The zero-order valence-electron chi connectivity index (χ0n) is 15.8. The normalized spacial score (nSPS) is 44.4. The van der Waals surface area contributed by atoms with Crippen LogP contribution in [0.25, 0.3) is 0 Å². The summed E-state index contributed by atoms with van der Waals surface area (Å²) in [5, 5.41) is 59.9. The lowest BCUT2D eigenvalue weighted by molar-refractivity contribution is -0.275. The average Bonchev–Trinajstić information content (AvgIpc) is 2.65. The molecular formula is C17H30O11. The summed E-state index contributed by atoms with van der Waals surface area (Å²) in [5.74, 6) is -3.05. The van der Waals surface area contributed by atoms with E-state index in [2.05, 4.69) is 0 Å². The summed E-state index contributed by atoms with van der Waals surface area (Å²) in [6.45, 7) is 1.07. The van der Waals surface area contributed by atoms with Gasteiger partial charge < -0.3 is 49.6 Å². The predicted molar refractivity (Wildman–Crippen MR) is 91.2 cm³/mol. The van der Waals surface area contributed by atoms with Crippen LogP contribution in [0.4, 0.5) is 0 Å². The Kier molecular flexibility index (Phi) is 8.55. The molecule has 0 saturated carbocycles. The molecule has 0 aliphatic carbocycles. The number of carboxylic acid groups (broad SMARTS) is 1. The fraction of sp³-hybridized carbons (Fsp3) is 0.941. The molecule has 10 atom stereocenters. The molecule has 0 aromatic rings. The van der Waals surface area contributed by atoms with Crippen molar-refractivity contribution in [1.82, 2.24) is 0 Å². The fourth-order valence-corrected chi connectivity index (χ4v) is 3.66. The van der Waals surface area contributed by atoms with Gasteiger partial charge in [0.1, 0.15) is 24.4 Å². The molecule has 2 fully saturated rings. The Hall–Kier alpha value is -0.890. The second-order valence-corrected chi connectivity index (χ2v) is 7.19. The van der Waals surface area contributed by atoms with Gasteiger partial charge in [-0.1, -0.05) is 6.92 Å². The van der Waals surface area contributed by atoms with Gasteiger partial charge >= 0.3 is 5.97 Å². The SMILES string of the molecule is CC[C@@H]1C(O)O[C@@H](COC[C@H]2C(O)C(O)[C@H](COC)O[C@@H]2C(=O)O)C(O)[C@H]1O. The third kappa shape index (κ3) is 4.99. The highest BCUT2D eigenvalue weighted by molar-refractivity contribution is 5.73. The van der Waals surface area contributed by atoms with Crippen molar-refractivity contribution in [3.8, 4) is 0 Å². The van der Waals surface area contributed by atoms with E-state index in [1.54, 1.807) is 6.92 Å². The van der Waals surface area contributed by atoms with E-state index < -0.39 is 66.8 Å². The van der Waals surface area contributed by atoms with Gasteiger partial charge in [-0.05, 0) is 6.42 Å². The van der Waals surface area contributed by atoms with Gasteiger partial charge in [0, 0.05) is 18.9 Å². The number of hydrogen-bond acceptors (Lipinski definition) is 10. The van der Waals surface area contributed by atoms with Crippen molar-refractivity contribution in [2.24, 2.45) is 11.8 Å². The molecule has 2 aliphatic rings. The Morgan fingerprint density at radius 1 is 0.857 bits per heavy atom. The third-order valence-electron chi connectivity index (χ3n) is 5.37. The van der Waals surface area contributed by atoms with E-state index in [1.807, 2.05) is 0 Å². The summed E-state index contributed by atoms with van der Waals surface area (Å²) < 4.78 is 20.9. The molecule has 0 bridgehead atoms. The van der Waals surface area contributed by atoms with E-state index >= 15 is 0 Å². The van der Waals surface area contributed by atoms with Crippen LogP contribution in [-0.4, -0.2) is 113 Å². The van der Waals surface area contributed by atoms with Gasteiger partial charge in [-0.25, -0.2) is 4.79 Å². The van der Waals surface area contributed by atoms with Gasteiger partial charge in [0.15, 0.2) is 12.4 Å². The second kappa shape index (κ2) is 10.2. The van der Waals surface area contributed by atoms with Gasteiger partial charge in [-0.15, -0.1) is 0 Å². The molecule has 164 valence electrons. The van der Waals surface area contributed by atoms with Crippen LogP contribution < -0.4 is 0 Å². The van der Waals surface area contributed by atoms with Gasteiger partial charge in [0.2, 0.25) is 0 Å². The first kappa shape index (κ1) is 23.4. The van der Waals surface area contributed by atoms with Crippen LogP contribution in [-0.2, 0) is 23.7 Å². The highest BCUT2D eigenvalue weighted by atomic mass is 16.6. The first-order valence-electron chi connectivity index (χ1n) is 9.23. The molecule has 0 spiro atoms. The summed E-state index contributed by atoms with van der Waals surface area (Å²) in [4.78, 5) is 11.5. The topological polar surface area (TPSA) is 175 Å². The highest BCUT2D eigenvalue weighted by Gasteiger charge is 2.48. The lowest BCUT2D eigenvalue weighted by atomic mass is 9.87. The monoisotopic (exact) mass is 410 g/mol. The van der Waals surface area contributed by atoms with Crippen LogP contribution in [0, 0.1) is 11.8 Å². The number of ether oxygens (including phenoxy) is 4. The molecule has 11 heteroatoms. The molecule has 0 aromatic carbocycles. The van der Waals surface area contributed by atoms with E-state index in [9.17, 15) is 35.4 Å². The molecule has 4 unspecified atom stereocenters. The Morgan fingerprint density at radius 3 is 1.96 bits per heavy atom. The number of methoxy groups -OCH3 is 1. The number of aliphatic carboxylic acids is 1. The fourth-order valence-electron chi connectivity index (χ4n) is 3.66. The molecule has 2 rings (SSSR count). The molecule has 28 heavy (non-hydrogen) atoms. The summed E-state index contributed by atoms with van der Waals surface area (Å²) in [6.07, 6.45) is -9.65. The molecule has 0 radical (unpaired) electrons. The Balaban J connectivity index is 1.96. The minimum absolute atomic E-state index is 0.0912. The number of carboxylic acids is 1. The number of rotatable bonds is 8. The van der Waals surface area contributed by atoms with Crippen molar-refractivity contribution in [2.45, 2.75) is 62.4 Å². The van der Waals surface area contributed by atoms with Crippen LogP contribution in [0.5, 0.6) is 0 Å². The van der Waals surface area contributed by atoms with Crippen molar-refractivity contribution < 1.29 is 54.4 Å². The lowest BCUT2D eigenvalue weighted by Crippen LogP contribution is -2.59. The molecule has 0 aromatic heterocycles. The van der Waals surface area contributed by atoms with Crippen molar-refractivity contribution in [3.63, 3.8) is 0 Å². The van der Waals surface area contributed by atoms with E-state index in [4.69, 9.17) is 18.9 Å². The molecule has 2 saturated heterocycles. The van der Waals surface area contributed by atoms with Crippen LogP contribution in [0.15, 0.2) is 0 Å². The average molecular weight is 410 g/mol. The number of aliphatic hydroxyl groups is 5. The first-order chi connectivity index (χ1) is 13.2. The standard InChI is InChI=1S/C17H30O11/c1-3-7-11(18)14(21)10(28-17(7)24)6-26-4-8-12(19)13(20)9(5-25-2)27-15(8)16(22)23/h7-15,17-21,24H,3-6H2,1-2H3,(H,22,23)/t7-,8-,9-,10-,11-,12?,13?,14?,15-,17?/m0/s1. The van der Waals surface area contributed by atoms with Crippen molar-refractivity contribution in [3.05, 3.63) is 0 Å². The maximum absolute atomic E-state index is 11.5. The zero-order chi connectivity index (χ0) is 21.0. The lowest BCUT2D eigenvalue weighted by Gasteiger charge is -2.42. The van der Waals surface area contributed by atoms with Gasteiger partial charge in [0.25, 0.3) is 0 Å². The van der Waals surface area contributed by atoms with E-state index in [-0.39, 0.29) is 19.8 Å². The van der Waals surface area contributed by atoms with Crippen LogP contribution in [0.1, 0.15) is 13.3 Å². The highest BCUT2D eigenvalue weighted by Crippen LogP contribution is 2.29. The number of aliphatic hydroxyl groups excluding tert-OH is 5. The largest absolute Gasteiger partial charge is 0.479 e. The van der Waals surface area contributed by atoms with Gasteiger partial charge in [0.05, 0.1) is 32.0 Å². The maximum atomic E-state index is 11.5. The van der Waals surface area contributed by atoms with Crippen LogP contribution in [0.3, 0.4) is 0 Å².